The van der Waals surface area contributed by atoms with E-state index in [4.69, 9.17) is 21.6 Å². The fourth-order valence-corrected chi connectivity index (χ4v) is 4.26. The summed E-state index contributed by atoms with van der Waals surface area (Å²) in [5.41, 5.74) is 4.70. The highest BCUT2D eigenvalue weighted by Gasteiger charge is 2.24. The number of hydrogen-bond donors (Lipinski definition) is 1. The molecule has 1 N–H and O–H groups in total. The lowest BCUT2D eigenvalue weighted by Crippen LogP contribution is -2.50. The van der Waals surface area contributed by atoms with E-state index in [2.05, 4.69) is 41.4 Å². The highest BCUT2D eigenvalue weighted by molar-refractivity contribution is 6.30. The summed E-state index contributed by atoms with van der Waals surface area (Å²) in [4.78, 5) is 16.8. The van der Waals surface area contributed by atoms with E-state index >= 15 is 0 Å². The van der Waals surface area contributed by atoms with Crippen molar-refractivity contribution in [3.8, 4) is 6.07 Å². The van der Waals surface area contributed by atoms with Crippen LogP contribution in [0, 0.1) is 18.3 Å². The van der Waals surface area contributed by atoms with E-state index in [9.17, 15) is 4.79 Å². The first-order valence-electron chi connectivity index (χ1n) is 11.7. The summed E-state index contributed by atoms with van der Waals surface area (Å²) >= 11 is 6.11. The number of amides is 2. The molecule has 0 radical (unpaired) electrons. The molecule has 35 heavy (non-hydrogen) atoms. The molecule has 0 bridgehead atoms. The molecule has 1 saturated heterocycles. The van der Waals surface area contributed by atoms with E-state index in [1.807, 2.05) is 35.2 Å². The van der Waals surface area contributed by atoms with Crippen molar-refractivity contribution in [2.45, 2.75) is 19.6 Å². The van der Waals surface area contributed by atoms with E-state index in [0.717, 1.165) is 30.8 Å². The van der Waals surface area contributed by atoms with Gasteiger partial charge in [0.25, 0.3) is 0 Å². The quantitative estimate of drug-likeness (QED) is 0.468. The minimum atomic E-state index is -0.126. The maximum Gasteiger partial charge on any atom is 0.321 e. The Balaban J connectivity index is 1.34. The molecule has 1 fully saturated rings. The number of nitriles is 1. The molecule has 2 amide bonds. The maximum absolute atomic E-state index is 12.7. The molecule has 3 aromatic rings. The van der Waals surface area contributed by atoms with Gasteiger partial charge in [-0.2, -0.15) is 5.26 Å². The van der Waals surface area contributed by atoms with Gasteiger partial charge in [0.05, 0.1) is 24.3 Å². The Labute approximate surface area is 211 Å². The Morgan fingerprint density at radius 2 is 1.77 bits per heavy atom. The van der Waals surface area contributed by atoms with E-state index in [1.165, 1.54) is 5.56 Å². The second-order valence-electron chi connectivity index (χ2n) is 8.75. The van der Waals surface area contributed by atoms with Crippen LogP contribution < -0.4 is 5.32 Å². The fourth-order valence-electron chi connectivity index (χ4n) is 4.13. The van der Waals surface area contributed by atoms with Gasteiger partial charge in [0, 0.05) is 43.4 Å². The average Bonchev–Trinajstić information content (AvgIpc) is 2.88. The van der Waals surface area contributed by atoms with Gasteiger partial charge in [0.1, 0.15) is 0 Å². The smallest absolute Gasteiger partial charge is 0.321 e. The minimum Gasteiger partial charge on any atom is -0.368 e. The number of ether oxygens (including phenoxy) is 1. The van der Waals surface area contributed by atoms with E-state index < -0.39 is 0 Å². The molecule has 180 valence electrons. The molecule has 1 atom stereocenters. The number of aryl methyl sites for hydroxylation is 1. The van der Waals surface area contributed by atoms with Crippen molar-refractivity contribution in [3.05, 3.63) is 100 Å². The average molecular weight is 489 g/mol. The number of urea groups is 1. The van der Waals surface area contributed by atoms with Gasteiger partial charge in [-0.15, -0.1) is 0 Å². The molecule has 7 heteroatoms. The van der Waals surface area contributed by atoms with Gasteiger partial charge in [-0.1, -0.05) is 53.6 Å². The van der Waals surface area contributed by atoms with Gasteiger partial charge in [-0.25, -0.2) is 4.79 Å². The van der Waals surface area contributed by atoms with Crippen LogP contribution in [0.15, 0.2) is 72.8 Å². The largest absolute Gasteiger partial charge is 0.368 e. The zero-order chi connectivity index (χ0) is 24.6. The van der Waals surface area contributed by atoms with E-state index in [1.54, 1.807) is 24.3 Å². The van der Waals surface area contributed by atoms with Crippen LogP contribution in [0.25, 0.3) is 0 Å². The van der Waals surface area contributed by atoms with Crippen LogP contribution in [0.4, 0.5) is 10.5 Å². The van der Waals surface area contributed by atoms with Crippen molar-refractivity contribution in [3.63, 3.8) is 0 Å². The monoisotopic (exact) mass is 488 g/mol. The van der Waals surface area contributed by atoms with Crippen molar-refractivity contribution >= 4 is 23.3 Å². The fraction of sp³-hybridized carbons (Fsp3) is 0.286. The molecule has 3 aromatic carbocycles. The number of benzene rings is 3. The van der Waals surface area contributed by atoms with Gasteiger partial charge >= 0.3 is 6.03 Å². The number of nitrogens with zero attached hydrogens (tertiary/aromatic N) is 3. The minimum absolute atomic E-state index is 0.105. The number of nitrogens with one attached hydrogen (secondary N) is 1. The lowest BCUT2D eigenvalue weighted by atomic mass is 10.1. The third-order valence-electron chi connectivity index (χ3n) is 6.12. The molecule has 1 aliphatic heterocycles. The van der Waals surface area contributed by atoms with Crippen LogP contribution in [0.1, 0.15) is 28.4 Å². The molecule has 0 aromatic heterocycles. The molecule has 1 aliphatic rings. The zero-order valence-electron chi connectivity index (χ0n) is 19.8. The molecule has 0 unspecified atom stereocenters. The normalized spacial score (nSPS) is 14.8. The second kappa shape index (κ2) is 11.9. The van der Waals surface area contributed by atoms with Crippen LogP contribution >= 0.6 is 11.6 Å². The van der Waals surface area contributed by atoms with E-state index in [-0.39, 0.29) is 12.1 Å². The van der Waals surface area contributed by atoms with Crippen LogP contribution in [0.5, 0.6) is 0 Å². The molecule has 0 saturated carbocycles. The summed E-state index contributed by atoms with van der Waals surface area (Å²) < 4.78 is 6.38. The predicted octanol–water partition coefficient (Wildman–Crippen LogP) is 5.63. The van der Waals surface area contributed by atoms with Gasteiger partial charge in [-0.05, 0) is 54.4 Å². The lowest BCUT2D eigenvalue weighted by Gasteiger charge is -2.36. The van der Waals surface area contributed by atoms with Crippen molar-refractivity contribution < 1.29 is 9.53 Å². The number of halogens is 1. The van der Waals surface area contributed by atoms with Crippen LogP contribution in [-0.2, 0) is 11.3 Å². The zero-order valence-corrected chi connectivity index (χ0v) is 20.5. The Bertz CT molecular complexity index is 1170. The SMILES string of the molecule is Cc1cccc(CO[C@H](CN2CCN(C(=O)Nc3ccc(C#N)cc3)CC2)c2ccc(Cl)cc2)c1. The predicted molar refractivity (Wildman–Crippen MR) is 138 cm³/mol. The Morgan fingerprint density at radius 3 is 2.43 bits per heavy atom. The molecule has 0 spiro atoms. The highest BCUT2D eigenvalue weighted by atomic mass is 35.5. The number of carbonyl (C=O) groups excluding carboxylic acids is 1. The molecular weight excluding hydrogens is 460 g/mol. The number of anilines is 1. The first-order valence-corrected chi connectivity index (χ1v) is 12.1. The van der Waals surface area contributed by atoms with Crippen molar-refractivity contribution in [1.82, 2.24) is 9.80 Å². The molecule has 0 aliphatic carbocycles. The summed E-state index contributed by atoms with van der Waals surface area (Å²) in [5.74, 6) is 0. The number of piperazine rings is 1. The summed E-state index contributed by atoms with van der Waals surface area (Å²) in [7, 11) is 0. The summed E-state index contributed by atoms with van der Waals surface area (Å²) in [6, 6.07) is 25.0. The Kier molecular flexibility index (Phi) is 8.38. The molecule has 4 rings (SSSR count). The second-order valence-corrected chi connectivity index (χ2v) is 9.18. The van der Waals surface area contributed by atoms with Crippen molar-refractivity contribution in [2.75, 3.05) is 38.0 Å². The standard InChI is InChI=1S/C28H29ClN4O2/c1-21-3-2-4-23(17-21)20-35-27(24-7-9-25(29)10-8-24)19-32-13-15-33(16-14-32)28(34)31-26-11-5-22(18-30)6-12-26/h2-12,17,27H,13-16,19-20H2,1H3,(H,31,34)/t27-/m1/s1. The Hall–Kier alpha value is -3.37. The van der Waals surface area contributed by atoms with Crippen molar-refractivity contribution in [1.29, 1.82) is 5.26 Å². The van der Waals surface area contributed by atoms with E-state index in [0.29, 0.717) is 36.0 Å². The summed E-state index contributed by atoms with van der Waals surface area (Å²) in [6.07, 6.45) is -0.105. The molecule has 1 heterocycles. The van der Waals surface area contributed by atoms with Gasteiger partial charge in [0.15, 0.2) is 0 Å². The first kappa shape index (κ1) is 24.7. The number of rotatable bonds is 7. The third-order valence-corrected chi connectivity index (χ3v) is 6.38. The van der Waals surface area contributed by atoms with Crippen LogP contribution in [0.3, 0.4) is 0 Å². The van der Waals surface area contributed by atoms with Crippen molar-refractivity contribution in [2.24, 2.45) is 0 Å². The maximum atomic E-state index is 12.7. The lowest BCUT2D eigenvalue weighted by molar-refractivity contribution is 0.00592. The third kappa shape index (κ3) is 7.06. The Morgan fingerprint density at radius 1 is 1.06 bits per heavy atom. The van der Waals surface area contributed by atoms with Crippen LogP contribution in [0.2, 0.25) is 5.02 Å². The number of carbonyl (C=O) groups is 1. The van der Waals surface area contributed by atoms with Gasteiger partial charge < -0.3 is 15.0 Å². The molecule has 6 nitrogen and oxygen atoms in total. The summed E-state index contributed by atoms with van der Waals surface area (Å²) in [5, 5.41) is 12.5. The van der Waals surface area contributed by atoms with Gasteiger partial charge in [-0.3, -0.25) is 4.90 Å². The van der Waals surface area contributed by atoms with Gasteiger partial charge in [0.2, 0.25) is 0 Å². The summed E-state index contributed by atoms with van der Waals surface area (Å²) in [6.45, 7) is 6.13. The van der Waals surface area contributed by atoms with Crippen LogP contribution in [-0.4, -0.2) is 48.6 Å². The first-order chi connectivity index (χ1) is 17.0. The molecular formula is C28H29ClN4O2. The number of hydrogen-bond acceptors (Lipinski definition) is 4. The highest BCUT2D eigenvalue weighted by Crippen LogP contribution is 2.24. The topological polar surface area (TPSA) is 68.6 Å².